The monoisotopic (exact) mass is 350 g/mol. The van der Waals surface area contributed by atoms with Crippen molar-refractivity contribution in [3.63, 3.8) is 0 Å². The summed E-state index contributed by atoms with van der Waals surface area (Å²) < 4.78 is 14.8. The molecule has 0 fully saturated rings. The van der Waals surface area contributed by atoms with Crippen LogP contribution in [-0.2, 0) is 0 Å². The number of nitrogens with one attached hydrogen (secondary N) is 1. The smallest absolute Gasteiger partial charge is 0.128 e. The zero-order chi connectivity index (χ0) is 15.6. The molecule has 1 atom stereocenters. The van der Waals surface area contributed by atoms with Crippen LogP contribution in [0.15, 0.2) is 40.9 Å². The quantitative estimate of drug-likeness (QED) is 0.821. The van der Waals surface area contributed by atoms with Gasteiger partial charge in [-0.25, -0.2) is 4.39 Å². The lowest BCUT2D eigenvalue weighted by Gasteiger charge is -2.20. The van der Waals surface area contributed by atoms with Crippen molar-refractivity contribution < 1.29 is 4.39 Å². The van der Waals surface area contributed by atoms with Gasteiger partial charge >= 0.3 is 0 Å². The lowest BCUT2D eigenvalue weighted by atomic mass is 10.1. The molecular formula is C17H20BrFN2. The molecule has 1 N–H and O–H groups in total. The van der Waals surface area contributed by atoms with E-state index in [2.05, 4.69) is 45.2 Å². The van der Waals surface area contributed by atoms with E-state index in [0.717, 1.165) is 15.8 Å². The van der Waals surface area contributed by atoms with Crippen LogP contribution in [-0.4, -0.2) is 14.1 Å². The van der Waals surface area contributed by atoms with Crippen LogP contribution in [0.1, 0.15) is 24.1 Å². The topological polar surface area (TPSA) is 15.3 Å². The van der Waals surface area contributed by atoms with E-state index in [1.54, 1.807) is 6.07 Å². The Balaban J connectivity index is 2.25. The molecule has 0 bridgehead atoms. The Morgan fingerprint density at radius 3 is 2.52 bits per heavy atom. The van der Waals surface area contributed by atoms with Gasteiger partial charge in [0.2, 0.25) is 0 Å². The van der Waals surface area contributed by atoms with Gasteiger partial charge < -0.3 is 10.2 Å². The van der Waals surface area contributed by atoms with Crippen LogP contribution in [0, 0.1) is 12.7 Å². The predicted octanol–water partition coefficient (Wildman–Crippen LogP) is 5.14. The van der Waals surface area contributed by atoms with E-state index in [9.17, 15) is 4.39 Å². The SMILES string of the molecule is Cc1ccc(NC(C)c2cc(Br)ccc2F)cc1N(C)C. The first-order chi connectivity index (χ1) is 9.88. The predicted molar refractivity (Wildman–Crippen MR) is 91.6 cm³/mol. The van der Waals surface area contributed by atoms with Crippen molar-refractivity contribution in [3.8, 4) is 0 Å². The van der Waals surface area contributed by atoms with Crippen LogP contribution < -0.4 is 10.2 Å². The maximum Gasteiger partial charge on any atom is 0.128 e. The summed E-state index contributed by atoms with van der Waals surface area (Å²) in [5, 5.41) is 3.36. The van der Waals surface area contributed by atoms with Gasteiger partial charge in [-0.3, -0.25) is 0 Å². The van der Waals surface area contributed by atoms with Crippen molar-refractivity contribution in [2.45, 2.75) is 19.9 Å². The standard InChI is InChI=1S/C17H20BrFN2/c1-11-5-7-14(10-17(11)21(3)4)20-12(2)15-9-13(18)6-8-16(15)19/h5-10,12,20H,1-4H3. The number of hydrogen-bond acceptors (Lipinski definition) is 2. The number of halogens is 2. The van der Waals surface area contributed by atoms with Crippen molar-refractivity contribution in [2.24, 2.45) is 0 Å². The van der Waals surface area contributed by atoms with Gasteiger partial charge in [0, 0.05) is 35.5 Å². The van der Waals surface area contributed by atoms with Crippen molar-refractivity contribution in [3.05, 3.63) is 57.8 Å². The highest BCUT2D eigenvalue weighted by Crippen LogP contribution is 2.28. The van der Waals surface area contributed by atoms with Gasteiger partial charge in [0.25, 0.3) is 0 Å². The third-order valence-corrected chi connectivity index (χ3v) is 3.99. The molecule has 0 saturated carbocycles. The molecule has 2 aromatic carbocycles. The van der Waals surface area contributed by atoms with Gasteiger partial charge in [-0.05, 0) is 49.7 Å². The summed E-state index contributed by atoms with van der Waals surface area (Å²) in [5.74, 6) is -0.196. The second kappa shape index (κ2) is 6.48. The molecule has 2 aromatic rings. The second-order valence-corrected chi connectivity index (χ2v) is 6.34. The summed E-state index contributed by atoms with van der Waals surface area (Å²) >= 11 is 3.39. The summed E-state index contributed by atoms with van der Waals surface area (Å²) in [6.45, 7) is 4.04. The summed E-state index contributed by atoms with van der Waals surface area (Å²) in [6.07, 6.45) is 0. The number of anilines is 2. The molecule has 0 aromatic heterocycles. The van der Waals surface area contributed by atoms with Gasteiger partial charge in [-0.1, -0.05) is 22.0 Å². The van der Waals surface area contributed by atoms with Crippen LogP contribution >= 0.6 is 15.9 Å². The Kier molecular flexibility index (Phi) is 4.88. The average molecular weight is 351 g/mol. The van der Waals surface area contributed by atoms with E-state index in [0.29, 0.717) is 5.56 Å². The third-order valence-electron chi connectivity index (χ3n) is 3.50. The summed E-state index contributed by atoms with van der Waals surface area (Å²) in [4.78, 5) is 2.07. The fourth-order valence-corrected chi connectivity index (χ4v) is 2.73. The molecule has 0 aliphatic carbocycles. The Labute approximate surface area is 134 Å². The minimum Gasteiger partial charge on any atom is -0.378 e. The Morgan fingerprint density at radius 2 is 1.86 bits per heavy atom. The van der Waals surface area contributed by atoms with Gasteiger partial charge in [0.1, 0.15) is 5.82 Å². The molecule has 0 radical (unpaired) electrons. The minimum atomic E-state index is -0.196. The molecule has 0 spiro atoms. The Bertz CT molecular complexity index is 641. The van der Waals surface area contributed by atoms with Crippen molar-refractivity contribution >= 4 is 27.3 Å². The highest BCUT2D eigenvalue weighted by molar-refractivity contribution is 9.10. The molecule has 0 aliphatic rings. The molecule has 0 saturated heterocycles. The van der Waals surface area contributed by atoms with Crippen molar-refractivity contribution in [1.82, 2.24) is 0 Å². The minimum absolute atomic E-state index is 0.111. The fourth-order valence-electron chi connectivity index (χ4n) is 2.36. The molecule has 112 valence electrons. The highest BCUT2D eigenvalue weighted by atomic mass is 79.9. The van der Waals surface area contributed by atoms with E-state index < -0.39 is 0 Å². The average Bonchev–Trinajstić information content (AvgIpc) is 2.43. The third kappa shape index (κ3) is 3.76. The van der Waals surface area contributed by atoms with E-state index in [-0.39, 0.29) is 11.9 Å². The summed E-state index contributed by atoms with van der Waals surface area (Å²) in [6, 6.07) is 11.1. The normalized spacial score (nSPS) is 12.1. The molecule has 4 heteroatoms. The second-order valence-electron chi connectivity index (χ2n) is 5.43. The zero-order valence-electron chi connectivity index (χ0n) is 12.7. The Hall–Kier alpha value is -1.55. The first-order valence-electron chi connectivity index (χ1n) is 6.88. The van der Waals surface area contributed by atoms with Crippen LogP contribution in [0.5, 0.6) is 0 Å². The van der Waals surface area contributed by atoms with Gasteiger partial charge in [0.05, 0.1) is 6.04 Å². The summed E-state index contributed by atoms with van der Waals surface area (Å²) in [7, 11) is 4.03. The largest absolute Gasteiger partial charge is 0.378 e. The maximum atomic E-state index is 13.9. The molecule has 0 amide bonds. The Morgan fingerprint density at radius 1 is 1.14 bits per heavy atom. The first kappa shape index (κ1) is 15.8. The highest BCUT2D eigenvalue weighted by Gasteiger charge is 2.12. The lowest BCUT2D eigenvalue weighted by molar-refractivity contribution is 0.600. The zero-order valence-corrected chi connectivity index (χ0v) is 14.3. The van der Waals surface area contributed by atoms with E-state index in [1.165, 1.54) is 11.6 Å². The van der Waals surface area contributed by atoms with E-state index in [4.69, 9.17) is 0 Å². The first-order valence-corrected chi connectivity index (χ1v) is 7.67. The molecular weight excluding hydrogens is 331 g/mol. The lowest BCUT2D eigenvalue weighted by Crippen LogP contribution is -2.12. The fraction of sp³-hybridized carbons (Fsp3) is 0.294. The number of benzene rings is 2. The van der Waals surface area contributed by atoms with Crippen LogP contribution in [0.2, 0.25) is 0 Å². The number of hydrogen-bond donors (Lipinski definition) is 1. The van der Waals surface area contributed by atoms with E-state index >= 15 is 0 Å². The number of rotatable bonds is 4. The molecule has 2 rings (SSSR count). The van der Waals surface area contributed by atoms with Crippen LogP contribution in [0.4, 0.5) is 15.8 Å². The van der Waals surface area contributed by atoms with Crippen LogP contribution in [0.25, 0.3) is 0 Å². The molecule has 2 nitrogen and oxygen atoms in total. The van der Waals surface area contributed by atoms with Gasteiger partial charge in [0.15, 0.2) is 0 Å². The van der Waals surface area contributed by atoms with Crippen LogP contribution in [0.3, 0.4) is 0 Å². The molecule has 0 heterocycles. The van der Waals surface area contributed by atoms with Gasteiger partial charge in [-0.2, -0.15) is 0 Å². The summed E-state index contributed by atoms with van der Waals surface area (Å²) in [5.41, 5.74) is 4.00. The number of nitrogens with zero attached hydrogens (tertiary/aromatic N) is 1. The van der Waals surface area contributed by atoms with Gasteiger partial charge in [-0.15, -0.1) is 0 Å². The van der Waals surface area contributed by atoms with Crippen molar-refractivity contribution in [2.75, 3.05) is 24.3 Å². The molecule has 21 heavy (non-hydrogen) atoms. The maximum absolute atomic E-state index is 13.9. The van der Waals surface area contributed by atoms with E-state index in [1.807, 2.05) is 33.2 Å². The molecule has 0 aliphatic heterocycles. The number of aryl methyl sites for hydroxylation is 1. The van der Waals surface area contributed by atoms with Crippen molar-refractivity contribution in [1.29, 1.82) is 0 Å². The molecule has 1 unspecified atom stereocenters.